The fraction of sp³-hybridized carbons (Fsp3) is 0.333. The maximum atomic E-state index is 12.5. The van der Waals surface area contributed by atoms with Gasteiger partial charge in [0.25, 0.3) is 5.91 Å². The van der Waals surface area contributed by atoms with Crippen LogP contribution in [0.5, 0.6) is 5.75 Å². The number of hydrogen-bond acceptors (Lipinski definition) is 7. The van der Waals surface area contributed by atoms with Gasteiger partial charge in [-0.1, -0.05) is 18.0 Å². The van der Waals surface area contributed by atoms with Gasteiger partial charge >= 0.3 is 0 Å². The van der Waals surface area contributed by atoms with Crippen molar-refractivity contribution < 1.29 is 9.53 Å². The minimum Gasteiger partial charge on any atom is -0.497 e. The van der Waals surface area contributed by atoms with E-state index < -0.39 is 5.91 Å². The van der Waals surface area contributed by atoms with Gasteiger partial charge in [0.1, 0.15) is 5.75 Å². The van der Waals surface area contributed by atoms with Crippen molar-refractivity contribution in [2.45, 2.75) is 31.3 Å². The number of anilines is 2. The van der Waals surface area contributed by atoms with Crippen LogP contribution in [-0.4, -0.2) is 45.4 Å². The van der Waals surface area contributed by atoms with Crippen molar-refractivity contribution in [2.75, 3.05) is 24.7 Å². The van der Waals surface area contributed by atoms with Crippen molar-refractivity contribution in [1.29, 1.82) is 0 Å². The first-order chi connectivity index (χ1) is 15.0. The standard InChI is InChI=1S/C21H24ClN7O2/c1-31-16-9-13(8-14(22)10-16)19(17-4-2-3-5-24-17)29-12-15(11-27-29)28-21(30)18-20(23)26-7-6-25-18/h6-12,17,19,24H,2-5H2,1H3,(H2,23,26)(H,28,30)/t17-,19?/m0/s1. The van der Waals surface area contributed by atoms with Gasteiger partial charge in [0.15, 0.2) is 11.5 Å². The van der Waals surface area contributed by atoms with E-state index in [1.165, 1.54) is 12.4 Å². The first kappa shape index (κ1) is 21.1. The first-order valence-electron chi connectivity index (χ1n) is 10.0. The normalized spacial score (nSPS) is 17.2. The number of nitrogens with two attached hydrogens (primary N) is 1. The Kier molecular flexibility index (Phi) is 6.34. The van der Waals surface area contributed by atoms with Crippen LogP contribution < -0.4 is 21.1 Å². The highest BCUT2D eigenvalue weighted by molar-refractivity contribution is 6.30. The van der Waals surface area contributed by atoms with Crippen molar-refractivity contribution >= 4 is 29.0 Å². The molecule has 3 aromatic rings. The summed E-state index contributed by atoms with van der Waals surface area (Å²) in [5.41, 5.74) is 7.33. The lowest BCUT2D eigenvalue weighted by molar-refractivity contribution is 0.102. The molecular weight excluding hydrogens is 418 g/mol. The second-order valence-electron chi connectivity index (χ2n) is 7.38. The fourth-order valence-electron chi connectivity index (χ4n) is 3.86. The van der Waals surface area contributed by atoms with Crippen molar-refractivity contribution in [1.82, 2.24) is 25.1 Å². The van der Waals surface area contributed by atoms with E-state index in [1.807, 2.05) is 16.8 Å². The number of hydrogen-bond donors (Lipinski definition) is 3. The second-order valence-corrected chi connectivity index (χ2v) is 7.82. The molecule has 2 atom stereocenters. The number of benzene rings is 1. The summed E-state index contributed by atoms with van der Waals surface area (Å²) in [6, 6.07) is 5.70. The Morgan fingerprint density at radius 1 is 1.32 bits per heavy atom. The number of carbonyl (C=O) groups is 1. The third-order valence-corrected chi connectivity index (χ3v) is 5.50. The van der Waals surface area contributed by atoms with E-state index in [-0.39, 0.29) is 23.6 Å². The van der Waals surface area contributed by atoms with Gasteiger partial charge in [0.05, 0.1) is 25.0 Å². The summed E-state index contributed by atoms with van der Waals surface area (Å²) in [5.74, 6) is 0.312. The molecular formula is C21H24ClN7O2. The lowest BCUT2D eigenvalue weighted by atomic mass is 9.92. The van der Waals surface area contributed by atoms with E-state index in [9.17, 15) is 4.79 Å². The molecule has 1 unspecified atom stereocenters. The average molecular weight is 442 g/mol. The average Bonchev–Trinajstić information content (AvgIpc) is 3.22. The van der Waals surface area contributed by atoms with Gasteiger partial charge in [-0.05, 0) is 43.1 Å². The third kappa shape index (κ3) is 4.78. The minimum absolute atomic E-state index is 0.0697. The molecule has 0 radical (unpaired) electrons. The number of carbonyl (C=O) groups excluding carboxylic acids is 1. The number of aromatic nitrogens is 4. The van der Waals surface area contributed by atoms with Crippen molar-refractivity contribution in [3.63, 3.8) is 0 Å². The topological polar surface area (TPSA) is 120 Å². The number of nitrogens with one attached hydrogen (secondary N) is 2. The molecule has 1 aliphatic heterocycles. The third-order valence-electron chi connectivity index (χ3n) is 5.29. The van der Waals surface area contributed by atoms with E-state index in [0.29, 0.717) is 16.5 Å². The quantitative estimate of drug-likeness (QED) is 0.537. The zero-order chi connectivity index (χ0) is 21.8. The summed E-state index contributed by atoms with van der Waals surface area (Å²) in [5, 5.41) is 11.5. The molecule has 0 bridgehead atoms. The molecule has 1 saturated heterocycles. The summed E-state index contributed by atoms with van der Waals surface area (Å²) in [4.78, 5) is 20.4. The maximum Gasteiger partial charge on any atom is 0.278 e. The monoisotopic (exact) mass is 441 g/mol. The van der Waals surface area contributed by atoms with E-state index >= 15 is 0 Å². The summed E-state index contributed by atoms with van der Waals surface area (Å²) < 4.78 is 7.25. The summed E-state index contributed by atoms with van der Waals surface area (Å²) in [7, 11) is 1.61. The number of nitrogens with zero attached hydrogens (tertiary/aromatic N) is 4. The lowest BCUT2D eigenvalue weighted by Gasteiger charge is -2.32. The zero-order valence-corrected chi connectivity index (χ0v) is 17.8. The van der Waals surface area contributed by atoms with Crippen LogP contribution in [0.3, 0.4) is 0 Å². The number of halogens is 1. The molecule has 1 aromatic carbocycles. The predicted octanol–water partition coefficient (Wildman–Crippen LogP) is 2.90. The largest absolute Gasteiger partial charge is 0.497 e. The van der Waals surface area contributed by atoms with Gasteiger partial charge in [0, 0.05) is 29.7 Å². The van der Waals surface area contributed by atoms with Gasteiger partial charge in [-0.15, -0.1) is 0 Å². The smallest absolute Gasteiger partial charge is 0.278 e. The molecule has 1 aliphatic rings. The van der Waals surface area contributed by atoms with Gasteiger partial charge in [-0.2, -0.15) is 5.10 Å². The highest BCUT2D eigenvalue weighted by Crippen LogP contribution is 2.32. The molecule has 4 rings (SSSR count). The van der Waals surface area contributed by atoms with Crippen molar-refractivity contribution in [3.8, 4) is 5.75 Å². The van der Waals surface area contributed by atoms with Crippen LogP contribution in [0.15, 0.2) is 43.0 Å². The molecule has 1 amide bonds. The molecule has 4 N–H and O–H groups in total. The number of ether oxygens (including phenoxy) is 1. The van der Waals surface area contributed by atoms with Gasteiger partial charge in [-0.3, -0.25) is 9.48 Å². The molecule has 31 heavy (non-hydrogen) atoms. The van der Waals surface area contributed by atoms with Crippen LogP contribution in [0, 0.1) is 0 Å². The van der Waals surface area contributed by atoms with Crippen LogP contribution in [-0.2, 0) is 0 Å². The molecule has 9 nitrogen and oxygen atoms in total. The lowest BCUT2D eigenvalue weighted by Crippen LogP contribution is -2.41. The molecule has 0 spiro atoms. The van der Waals surface area contributed by atoms with Gasteiger partial charge < -0.3 is 21.1 Å². The van der Waals surface area contributed by atoms with Crippen LogP contribution in [0.4, 0.5) is 11.5 Å². The van der Waals surface area contributed by atoms with Crippen molar-refractivity contribution in [2.24, 2.45) is 0 Å². The summed E-state index contributed by atoms with van der Waals surface area (Å²) >= 11 is 6.34. The zero-order valence-electron chi connectivity index (χ0n) is 17.1. The van der Waals surface area contributed by atoms with E-state index in [4.69, 9.17) is 22.1 Å². The number of nitrogen functional groups attached to an aromatic ring is 1. The van der Waals surface area contributed by atoms with Crippen LogP contribution in [0.1, 0.15) is 41.4 Å². The SMILES string of the molecule is COc1cc(Cl)cc(C([C@@H]2CCCCN2)n2cc(NC(=O)c3nccnc3N)cn2)c1. The molecule has 1 fully saturated rings. The van der Waals surface area contributed by atoms with Crippen LogP contribution in [0.2, 0.25) is 5.02 Å². The minimum atomic E-state index is -0.443. The Hall–Kier alpha value is -3.17. The molecule has 162 valence electrons. The van der Waals surface area contributed by atoms with E-state index in [2.05, 4.69) is 25.7 Å². The van der Waals surface area contributed by atoms with Gasteiger partial charge in [-0.25, -0.2) is 9.97 Å². The fourth-order valence-corrected chi connectivity index (χ4v) is 4.09. The Balaban J connectivity index is 1.64. The predicted molar refractivity (Wildman–Crippen MR) is 118 cm³/mol. The summed E-state index contributed by atoms with van der Waals surface area (Å²) in [6.45, 7) is 0.940. The highest BCUT2D eigenvalue weighted by atomic mass is 35.5. The molecule has 0 aliphatic carbocycles. The number of amides is 1. The Morgan fingerprint density at radius 3 is 2.90 bits per heavy atom. The highest BCUT2D eigenvalue weighted by Gasteiger charge is 2.28. The Morgan fingerprint density at radius 2 is 2.16 bits per heavy atom. The molecule has 0 saturated carbocycles. The van der Waals surface area contributed by atoms with Crippen LogP contribution in [0.25, 0.3) is 0 Å². The maximum absolute atomic E-state index is 12.5. The Bertz CT molecular complexity index is 1070. The van der Waals surface area contributed by atoms with E-state index in [0.717, 1.165) is 31.4 Å². The molecule has 3 heterocycles. The van der Waals surface area contributed by atoms with Crippen LogP contribution >= 0.6 is 11.6 Å². The molecule has 2 aromatic heterocycles. The number of piperidine rings is 1. The second kappa shape index (κ2) is 9.32. The summed E-state index contributed by atoms with van der Waals surface area (Å²) in [6.07, 6.45) is 9.51. The molecule has 10 heteroatoms. The van der Waals surface area contributed by atoms with E-state index in [1.54, 1.807) is 25.6 Å². The number of methoxy groups -OCH3 is 1. The van der Waals surface area contributed by atoms with Crippen molar-refractivity contribution in [3.05, 3.63) is 59.3 Å². The van der Waals surface area contributed by atoms with Gasteiger partial charge in [0.2, 0.25) is 0 Å². The number of rotatable bonds is 6. The first-order valence-corrected chi connectivity index (χ1v) is 10.4. The Labute approximate surface area is 185 Å².